The molecule has 0 saturated heterocycles. The van der Waals surface area contributed by atoms with Crippen LogP contribution in [-0.4, -0.2) is 47.6 Å². The van der Waals surface area contributed by atoms with Crippen LogP contribution >= 0.6 is 31.9 Å². The van der Waals surface area contributed by atoms with E-state index in [2.05, 4.69) is 37.0 Å². The molecule has 0 atom stereocenters. The summed E-state index contributed by atoms with van der Waals surface area (Å²) < 4.78 is 1.87. The molecular formula is C18H15Br2N3O2. The van der Waals surface area contributed by atoms with Crippen molar-refractivity contribution in [2.45, 2.75) is 0 Å². The van der Waals surface area contributed by atoms with Gasteiger partial charge in [0, 0.05) is 20.1 Å². The molecule has 1 aliphatic heterocycles. The predicted molar refractivity (Wildman–Crippen MR) is 104 cm³/mol. The molecule has 2 aromatic carbocycles. The van der Waals surface area contributed by atoms with Crippen molar-refractivity contribution in [1.82, 2.24) is 9.91 Å². The molecule has 0 aliphatic carbocycles. The molecule has 0 spiro atoms. The summed E-state index contributed by atoms with van der Waals surface area (Å²) in [5.41, 5.74) is 1.30. The highest BCUT2D eigenvalue weighted by molar-refractivity contribution is 9.10. The van der Waals surface area contributed by atoms with Gasteiger partial charge in [0.15, 0.2) is 11.6 Å². The molecule has 128 valence electrons. The lowest BCUT2D eigenvalue weighted by atomic mass is 10.1. The van der Waals surface area contributed by atoms with Gasteiger partial charge in [0.05, 0.1) is 6.54 Å². The Bertz CT molecular complexity index is 737. The highest BCUT2D eigenvalue weighted by Gasteiger charge is 2.20. The van der Waals surface area contributed by atoms with E-state index in [1.165, 1.54) is 0 Å². The van der Waals surface area contributed by atoms with Crippen LogP contribution in [0.25, 0.3) is 0 Å². The van der Waals surface area contributed by atoms with Gasteiger partial charge in [0.25, 0.3) is 0 Å². The lowest BCUT2D eigenvalue weighted by molar-refractivity contribution is 0.0905. The number of carbonyl (C=O) groups excluding carboxylic acids is 2. The van der Waals surface area contributed by atoms with Crippen molar-refractivity contribution in [3.63, 3.8) is 0 Å². The van der Waals surface area contributed by atoms with E-state index in [0.717, 1.165) is 8.95 Å². The number of hydrazone groups is 1. The molecule has 0 saturated carbocycles. The van der Waals surface area contributed by atoms with E-state index < -0.39 is 0 Å². The second-order valence-corrected chi connectivity index (χ2v) is 7.48. The third-order valence-electron chi connectivity index (χ3n) is 3.73. The molecule has 0 amide bonds. The van der Waals surface area contributed by atoms with Gasteiger partial charge in [-0.25, -0.2) is 0 Å². The van der Waals surface area contributed by atoms with E-state index in [9.17, 15) is 9.59 Å². The number of ketones is 2. The van der Waals surface area contributed by atoms with Crippen molar-refractivity contribution in [2.24, 2.45) is 5.10 Å². The van der Waals surface area contributed by atoms with Crippen LogP contribution in [0.2, 0.25) is 0 Å². The molecule has 3 rings (SSSR count). The average Bonchev–Trinajstić information content (AvgIpc) is 3.02. The molecule has 2 aromatic rings. The van der Waals surface area contributed by atoms with Gasteiger partial charge in [0.1, 0.15) is 19.6 Å². The van der Waals surface area contributed by atoms with Crippen LogP contribution in [0.1, 0.15) is 20.7 Å². The van der Waals surface area contributed by atoms with Crippen molar-refractivity contribution >= 4 is 49.8 Å². The minimum Gasteiger partial charge on any atom is -0.334 e. The van der Waals surface area contributed by atoms with Crippen LogP contribution in [0.15, 0.2) is 62.6 Å². The van der Waals surface area contributed by atoms with Crippen LogP contribution in [0.3, 0.4) is 0 Å². The summed E-state index contributed by atoms with van der Waals surface area (Å²) in [4.78, 5) is 26.4. The molecule has 0 radical (unpaired) electrons. The van der Waals surface area contributed by atoms with Gasteiger partial charge in [0.2, 0.25) is 0 Å². The van der Waals surface area contributed by atoms with E-state index in [1.54, 1.807) is 40.5 Å². The molecule has 0 bridgehead atoms. The van der Waals surface area contributed by atoms with Gasteiger partial charge in [-0.05, 0) is 24.3 Å². The van der Waals surface area contributed by atoms with Gasteiger partial charge >= 0.3 is 0 Å². The van der Waals surface area contributed by atoms with Crippen LogP contribution in [0, 0.1) is 0 Å². The number of Topliss-reactive ketones (excluding diaryl/α,β-unsaturated/α-hetero) is 2. The number of nitrogens with zero attached hydrogens (tertiary/aromatic N) is 3. The third kappa shape index (κ3) is 4.76. The Labute approximate surface area is 162 Å². The van der Waals surface area contributed by atoms with Crippen molar-refractivity contribution < 1.29 is 9.59 Å². The third-order valence-corrected chi connectivity index (χ3v) is 4.79. The van der Waals surface area contributed by atoms with Crippen LogP contribution in [0.4, 0.5) is 0 Å². The number of rotatable bonds is 6. The summed E-state index contributed by atoms with van der Waals surface area (Å²) in [5, 5.41) is 5.86. The number of halogens is 2. The Kier molecular flexibility index (Phi) is 5.65. The largest absolute Gasteiger partial charge is 0.334 e. The minimum atomic E-state index is -0.00858. The zero-order valence-corrected chi connectivity index (χ0v) is 16.4. The Morgan fingerprint density at radius 2 is 1.32 bits per heavy atom. The second-order valence-electron chi connectivity index (χ2n) is 5.64. The van der Waals surface area contributed by atoms with Gasteiger partial charge < -0.3 is 4.90 Å². The molecule has 5 nitrogen and oxygen atoms in total. The van der Waals surface area contributed by atoms with E-state index in [0.29, 0.717) is 17.8 Å². The first-order valence-corrected chi connectivity index (χ1v) is 9.20. The lowest BCUT2D eigenvalue weighted by Gasteiger charge is -2.18. The smallest absolute Gasteiger partial charge is 0.183 e. The summed E-state index contributed by atoms with van der Waals surface area (Å²) in [6.45, 7) is 0.833. The molecule has 0 aromatic heterocycles. The minimum absolute atomic E-state index is 0.00858. The summed E-state index contributed by atoms with van der Waals surface area (Å²) in [7, 11) is 0. The maximum atomic E-state index is 12.3. The predicted octanol–water partition coefficient (Wildman–Crippen LogP) is 3.80. The fourth-order valence-corrected chi connectivity index (χ4v) is 2.94. The first-order chi connectivity index (χ1) is 12.0. The Morgan fingerprint density at radius 1 is 0.840 bits per heavy atom. The zero-order chi connectivity index (χ0) is 17.8. The first-order valence-electron chi connectivity index (χ1n) is 7.62. The molecule has 7 heteroatoms. The molecular weight excluding hydrogens is 450 g/mol. The van der Waals surface area contributed by atoms with Crippen molar-refractivity contribution in [1.29, 1.82) is 0 Å². The SMILES string of the molecule is O=C(CN1C=NN(CC(=O)c2ccc(Br)cc2)C1)c1ccc(Br)cc1. The molecule has 0 N–H and O–H groups in total. The maximum Gasteiger partial charge on any atom is 0.183 e. The first kappa shape index (κ1) is 17.8. The quantitative estimate of drug-likeness (QED) is 0.610. The Hall–Kier alpha value is -1.99. The topological polar surface area (TPSA) is 53.0 Å². The summed E-state index contributed by atoms with van der Waals surface area (Å²) in [6, 6.07) is 14.5. The number of hydrogen-bond donors (Lipinski definition) is 0. The van der Waals surface area contributed by atoms with Crippen molar-refractivity contribution in [2.75, 3.05) is 19.8 Å². The summed E-state index contributed by atoms with van der Waals surface area (Å²) in [6.07, 6.45) is 1.60. The highest BCUT2D eigenvalue weighted by Crippen LogP contribution is 2.14. The van der Waals surface area contributed by atoms with E-state index in [4.69, 9.17) is 0 Å². The lowest BCUT2D eigenvalue weighted by Crippen LogP contribution is -2.33. The number of benzene rings is 2. The molecule has 25 heavy (non-hydrogen) atoms. The fourth-order valence-electron chi connectivity index (χ4n) is 2.41. The molecule has 1 heterocycles. The van der Waals surface area contributed by atoms with Gasteiger partial charge in [-0.1, -0.05) is 56.1 Å². The van der Waals surface area contributed by atoms with Crippen LogP contribution in [-0.2, 0) is 0 Å². The number of hydrogen-bond acceptors (Lipinski definition) is 5. The second kappa shape index (κ2) is 7.93. The highest BCUT2D eigenvalue weighted by atomic mass is 79.9. The molecule has 1 aliphatic rings. The molecule has 0 unspecified atom stereocenters. The van der Waals surface area contributed by atoms with E-state index >= 15 is 0 Å². The van der Waals surface area contributed by atoms with Gasteiger partial charge in [-0.2, -0.15) is 5.10 Å². The van der Waals surface area contributed by atoms with Crippen molar-refractivity contribution in [3.05, 3.63) is 68.6 Å². The number of carbonyl (C=O) groups is 2. The van der Waals surface area contributed by atoms with Gasteiger partial charge in [-0.15, -0.1) is 0 Å². The standard InChI is InChI=1S/C18H15Br2N3O2/c19-15-5-1-13(2-6-15)17(24)9-22-11-21-23(12-22)10-18(25)14-3-7-16(20)8-4-14/h1-8,11H,9-10,12H2. The van der Waals surface area contributed by atoms with E-state index in [-0.39, 0.29) is 24.7 Å². The summed E-state index contributed by atoms with van der Waals surface area (Å²) in [5.74, 6) is 0.00534. The Balaban J connectivity index is 1.52. The average molecular weight is 465 g/mol. The van der Waals surface area contributed by atoms with Crippen molar-refractivity contribution in [3.8, 4) is 0 Å². The normalized spacial score (nSPS) is 13.4. The zero-order valence-electron chi connectivity index (χ0n) is 13.2. The summed E-state index contributed by atoms with van der Waals surface area (Å²) >= 11 is 6.70. The maximum absolute atomic E-state index is 12.3. The monoisotopic (exact) mass is 463 g/mol. The van der Waals surface area contributed by atoms with Gasteiger partial charge in [-0.3, -0.25) is 14.6 Å². The Morgan fingerprint density at radius 3 is 1.84 bits per heavy atom. The fraction of sp³-hybridized carbons (Fsp3) is 0.167. The van der Waals surface area contributed by atoms with Crippen LogP contribution in [0.5, 0.6) is 0 Å². The molecule has 0 fully saturated rings. The van der Waals surface area contributed by atoms with Crippen LogP contribution < -0.4 is 0 Å². The van der Waals surface area contributed by atoms with E-state index in [1.807, 2.05) is 24.3 Å².